The molecule has 3 nitrogen and oxygen atoms in total. The van der Waals surface area contributed by atoms with E-state index in [0.717, 1.165) is 28.5 Å². The van der Waals surface area contributed by atoms with Crippen molar-refractivity contribution in [3.63, 3.8) is 0 Å². The van der Waals surface area contributed by atoms with Crippen LogP contribution in [0.4, 0.5) is 0 Å². The van der Waals surface area contributed by atoms with Crippen molar-refractivity contribution in [1.29, 1.82) is 0 Å². The Morgan fingerprint density at radius 2 is 1.80 bits per heavy atom. The summed E-state index contributed by atoms with van der Waals surface area (Å²) in [6.07, 6.45) is 3.27. The molecule has 0 aliphatic heterocycles. The van der Waals surface area contributed by atoms with Crippen molar-refractivity contribution in [2.75, 3.05) is 6.61 Å². The summed E-state index contributed by atoms with van der Waals surface area (Å²) in [6, 6.07) is 25.4. The van der Waals surface area contributed by atoms with Gasteiger partial charge in [-0.05, 0) is 48.6 Å². The summed E-state index contributed by atoms with van der Waals surface area (Å²) in [7, 11) is 0. The number of aromatic amines is 1. The van der Waals surface area contributed by atoms with Crippen molar-refractivity contribution in [2.24, 2.45) is 0 Å². The minimum atomic E-state index is -0.168. The lowest BCUT2D eigenvalue weighted by Gasteiger charge is -2.17. The molecule has 0 aliphatic carbocycles. The number of carbonyl (C=O) groups excluding carboxylic acids is 1. The molecule has 0 amide bonds. The van der Waals surface area contributed by atoms with E-state index in [9.17, 15) is 4.79 Å². The summed E-state index contributed by atoms with van der Waals surface area (Å²) in [4.78, 5) is 15.8. The van der Waals surface area contributed by atoms with E-state index in [-0.39, 0.29) is 11.9 Å². The maximum Gasteiger partial charge on any atom is 0.306 e. The van der Waals surface area contributed by atoms with Crippen LogP contribution in [0.25, 0.3) is 10.9 Å². The standard InChI is InChI=1S/C27H27NO2/c1-3-30-27(29)17-24(22-11-7-8-19(2)14-22)25-18-28-26-16-21(12-13-23(25)26)15-20-9-5-4-6-10-20/h4-14,16,18,24,28H,3,15,17H2,1-2H3. The number of hydrogen-bond acceptors (Lipinski definition) is 2. The third-order valence-electron chi connectivity index (χ3n) is 5.53. The highest BCUT2D eigenvalue weighted by Crippen LogP contribution is 2.34. The van der Waals surface area contributed by atoms with Gasteiger partial charge >= 0.3 is 5.97 Å². The number of H-pyrrole nitrogens is 1. The van der Waals surface area contributed by atoms with E-state index in [1.165, 1.54) is 16.7 Å². The molecule has 0 saturated heterocycles. The van der Waals surface area contributed by atoms with Gasteiger partial charge in [0.1, 0.15) is 0 Å². The van der Waals surface area contributed by atoms with Gasteiger partial charge in [0.2, 0.25) is 0 Å². The van der Waals surface area contributed by atoms with E-state index in [1.54, 1.807) is 0 Å². The second kappa shape index (κ2) is 9.00. The molecule has 1 heterocycles. The maximum absolute atomic E-state index is 12.4. The van der Waals surface area contributed by atoms with Crippen molar-refractivity contribution in [2.45, 2.75) is 32.6 Å². The van der Waals surface area contributed by atoms with Gasteiger partial charge in [-0.3, -0.25) is 4.79 Å². The molecule has 0 radical (unpaired) electrons. The van der Waals surface area contributed by atoms with Crippen LogP contribution in [0.1, 0.15) is 47.1 Å². The zero-order valence-corrected chi connectivity index (χ0v) is 17.5. The highest BCUT2D eigenvalue weighted by molar-refractivity contribution is 5.86. The Bertz CT molecular complexity index is 1140. The minimum absolute atomic E-state index is 0.0438. The first-order chi connectivity index (χ1) is 14.6. The van der Waals surface area contributed by atoms with Gasteiger partial charge in [-0.25, -0.2) is 0 Å². The van der Waals surface area contributed by atoms with Gasteiger partial charge in [0.25, 0.3) is 0 Å². The Hall–Kier alpha value is -3.33. The fourth-order valence-corrected chi connectivity index (χ4v) is 4.11. The van der Waals surface area contributed by atoms with Gasteiger partial charge in [0.15, 0.2) is 0 Å². The molecule has 1 unspecified atom stereocenters. The zero-order valence-electron chi connectivity index (χ0n) is 17.5. The molecule has 1 aromatic heterocycles. The van der Waals surface area contributed by atoms with E-state index in [2.05, 4.69) is 78.6 Å². The Morgan fingerprint density at radius 3 is 2.57 bits per heavy atom. The molecule has 0 spiro atoms. The SMILES string of the molecule is CCOC(=O)CC(c1cccc(C)c1)c1c[nH]c2cc(Cc3ccccc3)ccc12. The van der Waals surface area contributed by atoms with Crippen molar-refractivity contribution in [1.82, 2.24) is 4.98 Å². The monoisotopic (exact) mass is 397 g/mol. The number of benzene rings is 3. The number of ether oxygens (including phenoxy) is 1. The minimum Gasteiger partial charge on any atom is -0.466 e. The number of fused-ring (bicyclic) bond motifs is 1. The molecule has 0 fully saturated rings. The zero-order chi connectivity index (χ0) is 20.9. The molecule has 1 N–H and O–H groups in total. The summed E-state index contributed by atoms with van der Waals surface area (Å²) in [6.45, 7) is 4.33. The molecule has 4 aromatic rings. The van der Waals surface area contributed by atoms with Gasteiger partial charge in [-0.15, -0.1) is 0 Å². The first-order valence-electron chi connectivity index (χ1n) is 10.5. The predicted molar refractivity (Wildman–Crippen MR) is 122 cm³/mol. The lowest BCUT2D eigenvalue weighted by atomic mass is 9.87. The van der Waals surface area contributed by atoms with Gasteiger partial charge in [0, 0.05) is 23.0 Å². The quantitative estimate of drug-likeness (QED) is 0.380. The lowest BCUT2D eigenvalue weighted by Crippen LogP contribution is -2.11. The average molecular weight is 398 g/mol. The van der Waals surface area contributed by atoms with Gasteiger partial charge in [-0.2, -0.15) is 0 Å². The number of esters is 1. The average Bonchev–Trinajstić information content (AvgIpc) is 3.16. The van der Waals surface area contributed by atoms with Crippen LogP contribution < -0.4 is 0 Å². The number of carbonyl (C=O) groups is 1. The molecule has 0 saturated carbocycles. The van der Waals surface area contributed by atoms with Crippen LogP contribution in [0, 0.1) is 6.92 Å². The largest absolute Gasteiger partial charge is 0.466 e. The molecule has 152 valence electrons. The fourth-order valence-electron chi connectivity index (χ4n) is 4.11. The molecule has 1 atom stereocenters. The van der Waals surface area contributed by atoms with Crippen molar-refractivity contribution < 1.29 is 9.53 Å². The lowest BCUT2D eigenvalue weighted by molar-refractivity contribution is -0.143. The van der Waals surface area contributed by atoms with Crippen molar-refractivity contribution >= 4 is 16.9 Å². The Balaban J connectivity index is 1.69. The first-order valence-corrected chi connectivity index (χ1v) is 10.5. The highest BCUT2D eigenvalue weighted by Gasteiger charge is 2.22. The number of aromatic nitrogens is 1. The Morgan fingerprint density at radius 1 is 0.967 bits per heavy atom. The maximum atomic E-state index is 12.4. The number of aryl methyl sites for hydroxylation is 1. The van der Waals surface area contributed by atoms with Crippen molar-refractivity contribution in [3.05, 3.63) is 107 Å². The number of hydrogen-bond donors (Lipinski definition) is 1. The van der Waals surface area contributed by atoms with Gasteiger partial charge in [0.05, 0.1) is 13.0 Å². The molecule has 0 aliphatic rings. The molecule has 30 heavy (non-hydrogen) atoms. The summed E-state index contributed by atoms with van der Waals surface area (Å²) >= 11 is 0. The number of nitrogens with one attached hydrogen (secondary N) is 1. The van der Waals surface area contributed by atoms with Gasteiger partial charge < -0.3 is 9.72 Å². The van der Waals surface area contributed by atoms with Crippen LogP contribution >= 0.6 is 0 Å². The normalized spacial score (nSPS) is 12.1. The Labute approximate surface area is 177 Å². The van der Waals surface area contributed by atoms with Crippen molar-refractivity contribution in [3.8, 4) is 0 Å². The Kier molecular flexibility index (Phi) is 5.99. The van der Waals surface area contributed by atoms with Crippen LogP contribution in [0.2, 0.25) is 0 Å². The van der Waals surface area contributed by atoms with E-state index >= 15 is 0 Å². The van der Waals surface area contributed by atoms with Crippen LogP contribution in [-0.2, 0) is 16.0 Å². The third-order valence-corrected chi connectivity index (χ3v) is 5.53. The van der Waals surface area contributed by atoms with Crippen LogP contribution in [-0.4, -0.2) is 17.6 Å². The summed E-state index contributed by atoms with van der Waals surface area (Å²) in [5.41, 5.74) is 7.11. The highest BCUT2D eigenvalue weighted by atomic mass is 16.5. The van der Waals surface area contributed by atoms with E-state index in [0.29, 0.717) is 13.0 Å². The van der Waals surface area contributed by atoms with Crippen LogP contribution in [0.5, 0.6) is 0 Å². The second-order valence-electron chi connectivity index (χ2n) is 7.76. The molecule has 0 bridgehead atoms. The summed E-state index contributed by atoms with van der Waals surface area (Å²) in [5.74, 6) is -0.211. The summed E-state index contributed by atoms with van der Waals surface area (Å²) in [5, 5.41) is 1.16. The topological polar surface area (TPSA) is 42.1 Å². The van der Waals surface area contributed by atoms with E-state index < -0.39 is 0 Å². The molecular weight excluding hydrogens is 370 g/mol. The third kappa shape index (κ3) is 4.46. The smallest absolute Gasteiger partial charge is 0.306 e. The first kappa shape index (κ1) is 20.0. The van der Waals surface area contributed by atoms with Crippen LogP contribution in [0.15, 0.2) is 79.0 Å². The van der Waals surface area contributed by atoms with Gasteiger partial charge in [-0.1, -0.05) is 72.3 Å². The molecule has 4 rings (SSSR count). The molecule has 3 heteroatoms. The molecular formula is C27H27NO2. The van der Waals surface area contributed by atoms with E-state index in [1.807, 2.05) is 19.2 Å². The van der Waals surface area contributed by atoms with Crippen LogP contribution in [0.3, 0.4) is 0 Å². The number of rotatable bonds is 7. The summed E-state index contributed by atoms with van der Waals surface area (Å²) < 4.78 is 5.27. The van der Waals surface area contributed by atoms with E-state index in [4.69, 9.17) is 4.74 Å². The predicted octanol–water partition coefficient (Wildman–Crippen LogP) is 6.15. The fraction of sp³-hybridized carbons (Fsp3) is 0.222. The molecule has 3 aromatic carbocycles. The second-order valence-corrected chi connectivity index (χ2v) is 7.76.